The Morgan fingerprint density at radius 2 is 2.10 bits per heavy atom. The molecule has 30 heavy (non-hydrogen) atoms. The van der Waals surface area contributed by atoms with E-state index in [0.717, 1.165) is 54.3 Å². The lowest BCUT2D eigenvalue weighted by Gasteiger charge is -2.35. The second-order valence-electron chi connectivity index (χ2n) is 7.66. The van der Waals surface area contributed by atoms with Crippen LogP contribution in [0, 0.1) is 6.92 Å². The predicted octanol–water partition coefficient (Wildman–Crippen LogP) is 3.44. The first-order valence-corrected chi connectivity index (χ1v) is 10.2. The molecule has 0 saturated carbocycles. The molecule has 8 nitrogen and oxygen atoms in total. The summed E-state index contributed by atoms with van der Waals surface area (Å²) in [4.78, 5) is 35.1. The quantitative estimate of drug-likeness (QED) is 0.723. The molecule has 1 saturated heterocycles. The third kappa shape index (κ3) is 3.24. The van der Waals surface area contributed by atoms with Gasteiger partial charge in [0.05, 0.1) is 35.5 Å². The first-order chi connectivity index (χ1) is 14.6. The molecule has 152 valence electrons. The molecular formula is C22H23N7O. The van der Waals surface area contributed by atoms with Crippen LogP contribution in [0.5, 0.6) is 0 Å². The summed E-state index contributed by atoms with van der Waals surface area (Å²) < 4.78 is 0. The molecule has 1 atom stereocenters. The van der Waals surface area contributed by atoms with E-state index in [1.54, 1.807) is 23.5 Å². The summed E-state index contributed by atoms with van der Waals surface area (Å²) >= 11 is 0. The van der Waals surface area contributed by atoms with E-state index in [-0.39, 0.29) is 12.1 Å². The minimum Gasteiger partial charge on any atom is -0.366 e. The lowest BCUT2D eigenvalue weighted by atomic mass is 10.1. The van der Waals surface area contributed by atoms with Crippen molar-refractivity contribution in [2.75, 3.05) is 28.2 Å². The number of hydrogen-bond acceptors (Lipinski definition) is 6. The van der Waals surface area contributed by atoms with Crippen LogP contribution in [0.2, 0.25) is 0 Å². The highest BCUT2D eigenvalue weighted by molar-refractivity contribution is 6.04. The van der Waals surface area contributed by atoms with E-state index in [0.29, 0.717) is 11.6 Å². The van der Waals surface area contributed by atoms with Crippen molar-refractivity contribution in [1.29, 1.82) is 0 Å². The first kappa shape index (κ1) is 18.5. The molecule has 0 spiro atoms. The fourth-order valence-electron chi connectivity index (χ4n) is 4.11. The Hall–Kier alpha value is -3.55. The smallest absolute Gasteiger partial charge is 0.329 e. The van der Waals surface area contributed by atoms with Gasteiger partial charge in [0.2, 0.25) is 0 Å². The van der Waals surface area contributed by atoms with Crippen molar-refractivity contribution in [3.8, 4) is 11.3 Å². The van der Waals surface area contributed by atoms with Crippen molar-refractivity contribution in [2.24, 2.45) is 0 Å². The van der Waals surface area contributed by atoms with Crippen molar-refractivity contribution in [1.82, 2.24) is 19.9 Å². The van der Waals surface area contributed by atoms with Crippen LogP contribution >= 0.6 is 0 Å². The maximum atomic E-state index is 13.3. The number of amides is 2. The van der Waals surface area contributed by atoms with Gasteiger partial charge in [-0.2, -0.15) is 0 Å². The molecule has 1 fully saturated rings. The Kier molecular flexibility index (Phi) is 4.54. The van der Waals surface area contributed by atoms with Gasteiger partial charge in [-0.3, -0.25) is 20.2 Å². The molecule has 8 heteroatoms. The number of nitrogens with zero attached hydrogens (tertiary/aromatic N) is 6. The Bertz CT molecular complexity index is 1100. The number of pyridine rings is 2. The van der Waals surface area contributed by atoms with Crippen LogP contribution in [0.25, 0.3) is 11.3 Å². The van der Waals surface area contributed by atoms with E-state index in [1.807, 2.05) is 32.0 Å². The van der Waals surface area contributed by atoms with Crippen LogP contribution in [-0.2, 0) is 6.42 Å². The van der Waals surface area contributed by atoms with Crippen molar-refractivity contribution in [3.63, 3.8) is 0 Å². The summed E-state index contributed by atoms with van der Waals surface area (Å²) in [5, 5.41) is 2.90. The molecular weight excluding hydrogens is 378 g/mol. The van der Waals surface area contributed by atoms with Gasteiger partial charge in [0, 0.05) is 30.5 Å². The molecule has 3 aromatic heterocycles. The number of carbonyl (C=O) groups is 1. The molecule has 1 N–H and O–H groups in total. The number of fused-ring (bicyclic) bond motifs is 4. The van der Waals surface area contributed by atoms with Gasteiger partial charge in [0.25, 0.3) is 0 Å². The van der Waals surface area contributed by atoms with Crippen LogP contribution in [0.15, 0.2) is 42.9 Å². The number of nitrogens with one attached hydrogen (secondary N) is 1. The van der Waals surface area contributed by atoms with Gasteiger partial charge in [-0.1, -0.05) is 6.92 Å². The van der Waals surface area contributed by atoms with E-state index in [9.17, 15) is 4.79 Å². The maximum absolute atomic E-state index is 13.3. The zero-order valence-corrected chi connectivity index (χ0v) is 17.0. The van der Waals surface area contributed by atoms with Gasteiger partial charge in [-0.25, -0.2) is 14.8 Å². The number of hydrogen-bond donors (Lipinski definition) is 1. The van der Waals surface area contributed by atoms with Gasteiger partial charge in [-0.05, 0) is 44.0 Å². The van der Waals surface area contributed by atoms with E-state index in [4.69, 9.17) is 4.98 Å². The first-order valence-electron chi connectivity index (χ1n) is 10.2. The van der Waals surface area contributed by atoms with Gasteiger partial charge in [0.15, 0.2) is 11.6 Å². The largest absolute Gasteiger partial charge is 0.366 e. The number of rotatable bonds is 3. The van der Waals surface area contributed by atoms with Gasteiger partial charge < -0.3 is 4.90 Å². The molecule has 0 radical (unpaired) electrons. The van der Waals surface area contributed by atoms with Gasteiger partial charge in [0.1, 0.15) is 0 Å². The molecule has 2 aliphatic rings. The zero-order valence-electron chi connectivity index (χ0n) is 17.0. The third-order valence-electron chi connectivity index (χ3n) is 5.67. The normalized spacial score (nSPS) is 17.1. The minimum atomic E-state index is -0.225. The summed E-state index contributed by atoms with van der Waals surface area (Å²) in [6.45, 7) is 5.71. The molecule has 2 bridgehead atoms. The van der Waals surface area contributed by atoms with Crippen LogP contribution in [0.3, 0.4) is 0 Å². The Morgan fingerprint density at radius 1 is 1.20 bits per heavy atom. The van der Waals surface area contributed by atoms with Crippen molar-refractivity contribution in [3.05, 3.63) is 54.2 Å². The van der Waals surface area contributed by atoms with Crippen LogP contribution in [-0.4, -0.2) is 45.1 Å². The van der Waals surface area contributed by atoms with Crippen LogP contribution in [0.1, 0.15) is 24.7 Å². The summed E-state index contributed by atoms with van der Waals surface area (Å²) in [7, 11) is 0. The van der Waals surface area contributed by atoms with Crippen LogP contribution in [0.4, 0.5) is 22.1 Å². The monoisotopic (exact) mass is 401 g/mol. The topological polar surface area (TPSA) is 87.1 Å². The number of urea groups is 1. The van der Waals surface area contributed by atoms with Gasteiger partial charge in [-0.15, -0.1) is 0 Å². The predicted molar refractivity (Wildman–Crippen MR) is 116 cm³/mol. The molecule has 5 heterocycles. The molecule has 5 rings (SSSR count). The Balaban J connectivity index is 1.50. The van der Waals surface area contributed by atoms with Crippen LogP contribution < -0.4 is 15.1 Å². The molecule has 0 aliphatic carbocycles. The van der Waals surface area contributed by atoms with Crippen molar-refractivity contribution in [2.45, 2.75) is 32.7 Å². The average molecular weight is 401 g/mol. The van der Waals surface area contributed by atoms with E-state index < -0.39 is 0 Å². The van der Waals surface area contributed by atoms with E-state index in [1.165, 1.54) is 0 Å². The van der Waals surface area contributed by atoms with E-state index in [2.05, 4.69) is 31.2 Å². The average Bonchev–Trinajstić information content (AvgIpc) is 3.18. The third-order valence-corrected chi connectivity index (χ3v) is 5.67. The second-order valence-corrected chi connectivity index (χ2v) is 7.66. The zero-order chi connectivity index (χ0) is 20.7. The highest BCUT2D eigenvalue weighted by atomic mass is 16.2. The fourth-order valence-corrected chi connectivity index (χ4v) is 4.11. The van der Waals surface area contributed by atoms with Crippen molar-refractivity contribution < 1.29 is 4.79 Å². The summed E-state index contributed by atoms with van der Waals surface area (Å²) in [5.74, 6) is 1.13. The lowest BCUT2D eigenvalue weighted by molar-refractivity contribution is 0.254. The molecule has 2 aliphatic heterocycles. The van der Waals surface area contributed by atoms with Gasteiger partial charge >= 0.3 is 6.03 Å². The SMILES string of the molecule is CCc1cnc(NC(=O)N2c3nc(-c4ccnc(C)c4)ccc3N3CC[C@H]2C3)cn1. The van der Waals surface area contributed by atoms with Crippen molar-refractivity contribution >= 4 is 23.4 Å². The molecule has 0 aromatic carbocycles. The summed E-state index contributed by atoms with van der Waals surface area (Å²) in [5.41, 5.74) is 4.62. The fraction of sp³-hybridized carbons (Fsp3) is 0.318. The summed E-state index contributed by atoms with van der Waals surface area (Å²) in [6, 6.07) is 7.87. The standard InChI is InChI=1S/C22H23N7O/c1-3-16-11-25-20(12-24-16)27-22(30)29-17-7-9-28(13-17)19-5-4-18(26-21(19)29)15-6-8-23-14(2)10-15/h4-6,8,10-12,17H,3,7,9,13H2,1-2H3,(H,25,27,30)/t17-/m0/s1. The number of aryl methyl sites for hydroxylation is 2. The highest BCUT2D eigenvalue weighted by Crippen LogP contribution is 2.40. The molecule has 0 unspecified atom stereocenters. The Labute approximate surface area is 175 Å². The second kappa shape index (κ2) is 7.37. The number of carbonyl (C=O) groups excluding carboxylic acids is 1. The number of aromatic nitrogens is 4. The lowest BCUT2D eigenvalue weighted by Crippen LogP contribution is -2.48. The number of anilines is 3. The minimum absolute atomic E-state index is 0.0855. The molecule has 3 aromatic rings. The summed E-state index contributed by atoms with van der Waals surface area (Å²) in [6.07, 6.45) is 6.79. The Morgan fingerprint density at radius 3 is 2.87 bits per heavy atom. The highest BCUT2D eigenvalue weighted by Gasteiger charge is 2.40. The maximum Gasteiger partial charge on any atom is 0.329 e. The van der Waals surface area contributed by atoms with E-state index >= 15 is 0 Å². The molecule has 2 amide bonds.